The van der Waals surface area contributed by atoms with Crippen molar-refractivity contribution in [3.05, 3.63) is 0 Å². The van der Waals surface area contributed by atoms with Crippen molar-refractivity contribution in [3.8, 4) is 0 Å². The number of thioether (sulfide) groups is 1. The van der Waals surface area contributed by atoms with Crippen molar-refractivity contribution in [2.75, 3.05) is 25.6 Å². The molecule has 1 saturated heterocycles. The number of ether oxygens (including phenoxy) is 1. The van der Waals surface area contributed by atoms with Gasteiger partial charge in [-0.3, -0.25) is 24.0 Å². The molecule has 34 heavy (non-hydrogen) atoms. The van der Waals surface area contributed by atoms with E-state index in [9.17, 15) is 24.0 Å². The molecule has 0 aromatic carbocycles. The highest BCUT2D eigenvalue weighted by Gasteiger charge is 2.42. The SMILES string of the molecule is CCCC(=O)N[C@@H](CSC)C(=O)N[C@H](CC(=O)NC)C(=O)N1C[C@H](OC(C)(C)C)C[C@H]1C(C)=O. The second-order valence-electron chi connectivity index (χ2n) is 9.47. The Balaban J connectivity index is 3.11. The number of likely N-dealkylation sites (tertiary alicyclic amines) is 1. The number of nitrogens with one attached hydrogen (secondary N) is 3. The first-order valence-electron chi connectivity index (χ1n) is 11.6. The Labute approximate surface area is 206 Å². The van der Waals surface area contributed by atoms with Gasteiger partial charge in [0, 0.05) is 32.2 Å². The van der Waals surface area contributed by atoms with Gasteiger partial charge in [-0.25, -0.2) is 0 Å². The van der Waals surface area contributed by atoms with Gasteiger partial charge >= 0.3 is 0 Å². The number of Topliss-reactive ketones (excluding diaryl/α,β-unsaturated/α-hetero) is 1. The maximum Gasteiger partial charge on any atom is 0.246 e. The van der Waals surface area contributed by atoms with E-state index in [0.717, 1.165) is 0 Å². The average Bonchev–Trinajstić information content (AvgIpc) is 3.14. The van der Waals surface area contributed by atoms with E-state index in [2.05, 4.69) is 16.0 Å². The number of hydrogen-bond acceptors (Lipinski definition) is 7. The number of hydrogen-bond donors (Lipinski definition) is 3. The molecule has 0 bridgehead atoms. The zero-order valence-corrected chi connectivity index (χ0v) is 22.2. The van der Waals surface area contributed by atoms with Gasteiger partial charge in [-0.2, -0.15) is 11.8 Å². The van der Waals surface area contributed by atoms with Crippen molar-refractivity contribution in [1.82, 2.24) is 20.9 Å². The molecule has 4 atom stereocenters. The first kappa shape index (κ1) is 29.9. The Morgan fingerprint density at radius 2 is 1.74 bits per heavy atom. The van der Waals surface area contributed by atoms with Crippen LogP contribution in [0.25, 0.3) is 0 Å². The minimum Gasteiger partial charge on any atom is -0.371 e. The van der Waals surface area contributed by atoms with E-state index in [0.29, 0.717) is 18.6 Å². The fourth-order valence-electron chi connectivity index (χ4n) is 3.81. The van der Waals surface area contributed by atoms with E-state index in [4.69, 9.17) is 4.74 Å². The van der Waals surface area contributed by atoms with E-state index in [1.807, 2.05) is 27.7 Å². The second-order valence-corrected chi connectivity index (χ2v) is 10.4. The lowest BCUT2D eigenvalue weighted by atomic mass is 10.1. The molecule has 0 radical (unpaired) electrons. The third kappa shape index (κ3) is 9.61. The highest BCUT2D eigenvalue weighted by Crippen LogP contribution is 2.26. The zero-order chi connectivity index (χ0) is 26.1. The Kier molecular flexibility index (Phi) is 12.0. The van der Waals surface area contributed by atoms with Crippen LogP contribution in [-0.4, -0.2) is 89.7 Å². The van der Waals surface area contributed by atoms with E-state index in [1.54, 1.807) is 6.26 Å². The van der Waals surface area contributed by atoms with Gasteiger partial charge in [0.15, 0.2) is 5.78 Å². The summed E-state index contributed by atoms with van der Waals surface area (Å²) in [6.07, 6.45) is 2.43. The number of nitrogens with zero attached hydrogens (tertiary/aromatic N) is 1. The summed E-state index contributed by atoms with van der Waals surface area (Å²) in [5.41, 5.74) is -0.456. The lowest BCUT2D eigenvalue weighted by Gasteiger charge is -2.29. The molecule has 0 unspecified atom stereocenters. The number of rotatable bonds is 12. The summed E-state index contributed by atoms with van der Waals surface area (Å²) in [6.45, 7) is 9.14. The predicted molar refractivity (Wildman–Crippen MR) is 131 cm³/mol. The van der Waals surface area contributed by atoms with Gasteiger partial charge in [0.05, 0.1) is 24.2 Å². The summed E-state index contributed by atoms with van der Waals surface area (Å²) in [6, 6.07) is -2.74. The maximum atomic E-state index is 13.5. The summed E-state index contributed by atoms with van der Waals surface area (Å²) in [4.78, 5) is 64.4. The quantitative estimate of drug-likeness (QED) is 0.358. The van der Waals surface area contributed by atoms with E-state index in [1.165, 1.54) is 30.6 Å². The lowest BCUT2D eigenvalue weighted by Crippen LogP contribution is -2.57. The molecule has 0 saturated carbocycles. The number of carbonyl (C=O) groups is 5. The normalized spacial score (nSPS) is 19.8. The smallest absolute Gasteiger partial charge is 0.246 e. The van der Waals surface area contributed by atoms with Crippen LogP contribution >= 0.6 is 11.8 Å². The van der Waals surface area contributed by atoms with Gasteiger partial charge in [0.1, 0.15) is 12.1 Å². The van der Waals surface area contributed by atoms with Crippen LogP contribution in [0.2, 0.25) is 0 Å². The molecule has 0 aromatic rings. The molecule has 10 nitrogen and oxygen atoms in total. The Morgan fingerprint density at radius 3 is 2.24 bits per heavy atom. The van der Waals surface area contributed by atoms with Gasteiger partial charge in [0.25, 0.3) is 0 Å². The molecular formula is C23H40N4O6S. The zero-order valence-electron chi connectivity index (χ0n) is 21.4. The van der Waals surface area contributed by atoms with Gasteiger partial charge < -0.3 is 25.6 Å². The van der Waals surface area contributed by atoms with Crippen LogP contribution in [0.15, 0.2) is 0 Å². The van der Waals surface area contributed by atoms with Crippen LogP contribution in [0, 0.1) is 0 Å². The molecule has 1 fully saturated rings. The highest BCUT2D eigenvalue weighted by atomic mass is 32.2. The van der Waals surface area contributed by atoms with Crippen molar-refractivity contribution in [2.45, 2.75) is 90.1 Å². The Bertz CT molecular complexity index is 754. The summed E-state index contributed by atoms with van der Waals surface area (Å²) >= 11 is 1.38. The van der Waals surface area contributed by atoms with Gasteiger partial charge in [0.2, 0.25) is 23.6 Å². The average molecular weight is 501 g/mol. The third-order valence-electron chi connectivity index (χ3n) is 5.28. The minimum atomic E-state index is -1.19. The first-order chi connectivity index (χ1) is 15.8. The molecule has 194 valence electrons. The largest absolute Gasteiger partial charge is 0.371 e. The van der Waals surface area contributed by atoms with Crippen molar-refractivity contribution in [2.24, 2.45) is 0 Å². The summed E-state index contributed by atoms with van der Waals surface area (Å²) < 4.78 is 6.00. The highest BCUT2D eigenvalue weighted by molar-refractivity contribution is 7.98. The van der Waals surface area contributed by atoms with Gasteiger partial charge in [-0.15, -0.1) is 0 Å². The molecule has 1 heterocycles. The summed E-state index contributed by atoms with van der Waals surface area (Å²) in [5, 5.41) is 7.80. The van der Waals surface area contributed by atoms with E-state index in [-0.39, 0.29) is 37.2 Å². The molecule has 1 aliphatic rings. The molecule has 11 heteroatoms. The topological polar surface area (TPSA) is 134 Å². The van der Waals surface area contributed by atoms with Crippen molar-refractivity contribution in [1.29, 1.82) is 0 Å². The molecular weight excluding hydrogens is 460 g/mol. The first-order valence-corrected chi connectivity index (χ1v) is 13.0. The second kappa shape index (κ2) is 13.7. The van der Waals surface area contributed by atoms with Crippen molar-refractivity contribution < 1.29 is 28.7 Å². The predicted octanol–water partition coefficient (Wildman–Crippen LogP) is 0.629. The molecule has 3 N–H and O–H groups in total. The molecule has 1 rings (SSSR count). The lowest BCUT2D eigenvalue weighted by molar-refractivity contribution is -0.142. The van der Waals surface area contributed by atoms with Crippen LogP contribution in [0.4, 0.5) is 0 Å². The van der Waals surface area contributed by atoms with Gasteiger partial charge in [-0.05, 0) is 40.4 Å². The minimum absolute atomic E-state index is 0.182. The molecule has 0 spiro atoms. The van der Waals surface area contributed by atoms with E-state index < -0.39 is 41.4 Å². The number of amides is 4. The fourth-order valence-corrected chi connectivity index (χ4v) is 4.38. The molecule has 1 aliphatic heterocycles. The Morgan fingerprint density at radius 1 is 1.09 bits per heavy atom. The molecule has 4 amide bonds. The Hall–Kier alpha value is -2.14. The van der Waals surface area contributed by atoms with Crippen LogP contribution in [-0.2, 0) is 28.7 Å². The number of ketones is 1. The third-order valence-corrected chi connectivity index (χ3v) is 5.95. The van der Waals surface area contributed by atoms with Crippen LogP contribution in [0.1, 0.15) is 60.3 Å². The standard InChI is InChI=1S/C23H40N4O6S/c1-8-9-19(29)25-17(13-34-7)21(31)26-16(11-20(30)24-6)22(32)27-12-15(33-23(3,4)5)10-18(27)14(2)28/h15-18H,8-13H2,1-7H3,(H,24,30)(H,25,29)(H,26,31)/t15-,16-,17+,18+/m1/s1. The number of carbonyl (C=O) groups excluding carboxylic acids is 5. The summed E-state index contributed by atoms with van der Waals surface area (Å²) in [7, 11) is 1.44. The molecule has 0 aliphatic carbocycles. The van der Waals surface area contributed by atoms with Crippen molar-refractivity contribution in [3.63, 3.8) is 0 Å². The van der Waals surface area contributed by atoms with Gasteiger partial charge in [-0.1, -0.05) is 6.92 Å². The fraction of sp³-hybridized carbons (Fsp3) is 0.783. The monoisotopic (exact) mass is 500 g/mol. The van der Waals surface area contributed by atoms with Crippen LogP contribution < -0.4 is 16.0 Å². The van der Waals surface area contributed by atoms with Crippen molar-refractivity contribution >= 4 is 41.2 Å². The van der Waals surface area contributed by atoms with Crippen LogP contribution in [0.5, 0.6) is 0 Å². The van der Waals surface area contributed by atoms with Crippen LogP contribution in [0.3, 0.4) is 0 Å². The summed E-state index contributed by atoms with van der Waals surface area (Å²) in [5.74, 6) is -1.66. The van der Waals surface area contributed by atoms with E-state index >= 15 is 0 Å². The molecule has 0 aromatic heterocycles. The maximum absolute atomic E-state index is 13.5.